The second kappa shape index (κ2) is 5.63. The molecule has 94 valence electrons. The van der Waals surface area contributed by atoms with Crippen LogP contribution in [0.2, 0.25) is 0 Å². The monoisotopic (exact) mass is 241 g/mol. The third kappa shape index (κ3) is 2.55. The van der Waals surface area contributed by atoms with E-state index in [0.717, 1.165) is 0 Å². The fourth-order valence-corrected chi connectivity index (χ4v) is 1.64. The normalized spacial score (nSPS) is 10.2. The predicted molar refractivity (Wildman–Crippen MR) is 62.5 cm³/mol. The van der Waals surface area contributed by atoms with Crippen LogP contribution in [0.15, 0.2) is 6.07 Å². The summed E-state index contributed by atoms with van der Waals surface area (Å²) >= 11 is 0. The van der Waals surface area contributed by atoms with Crippen molar-refractivity contribution in [2.24, 2.45) is 0 Å². The summed E-state index contributed by atoms with van der Waals surface area (Å²) in [7, 11) is 4.40. The number of nitrogens with one attached hydrogen (secondary N) is 1. The first-order valence-electron chi connectivity index (χ1n) is 5.15. The van der Waals surface area contributed by atoms with Crippen molar-refractivity contribution in [3.63, 3.8) is 0 Å². The van der Waals surface area contributed by atoms with E-state index >= 15 is 0 Å². The molecule has 1 rings (SSSR count). The molecule has 1 aromatic carbocycles. The second-order valence-electron chi connectivity index (χ2n) is 3.58. The number of benzene rings is 1. The lowest BCUT2D eigenvalue weighted by Crippen LogP contribution is -2.20. The minimum atomic E-state index is -0.685. The first-order chi connectivity index (χ1) is 8.06. The molecule has 0 bridgehead atoms. The minimum Gasteiger partial charge on any atom is -0.492 e. The maximum Gasteiger partial charge on any atom is 0.197 e. The fraction of sp³-hybridized carbons (Fsp3) is 0.417. The summed E-state index contributed by atoms with van der Waals surface area (Å²) in [6.45, 7) is 1.81. The number of aryl methyl sites for hydroxylation is 1. The Morgan fingerprint density at radius 1 is 1.35 bits per heavy atom. The summed E-state index contributed by atoms with van der Waals surface area (Å²) in [4.78, 5) is 11.7. The number of hydrogen-bond acceptors (Lipinski definition) is 4. The molecule has 0 saturated carbocycles. The van der Waals surface area contributed by atoms with Crippen molar-refractivity contribution in [1.82, 2.24) is 5.32 Å². The van der Waals surface area contributed by atoms with Gasteiger partial charge in [0.05, 0.1) is 26.3 Å². The number of likely N-dealkylation sites (N-methyl/N-ethyl adjacent to an activating group) is 1. The number of halogens is 1. The summed E-state index contributed by atoms with van der Waals surface area (Å²) in [5.41, 5.74) is 0.666. The third-order valence-electron chi connectivity index (χ3n) is 2.41. The Labute approximate surface area is 99.7 Å². The Kier molecular flexibility index (Phi) is 4.45. The summed E-state index contributed by atoms with van der Waals surface area (Å²) in [6, 6.07) is 1.47. The van der Waals surface area contributed by atoms with Crippen LogP contribution in [0, 0.1) is 12.7 Å². The highest BCUT2D eigenvalue weighted by atomic mass is 19.1. The highest BCUT2D eigenvalue weighted by Gasteiger charge is 2.21. The van der Waals surface area contributed by atoms with Crippen molar-refractivity contribution in [1.29, 1.82) is 0 Å². The quantitative estimate of drug-likeness (QED) is 0.795. The Hall–Kier alpha value is -1.62. The number of methoxy groups -OCH3 is 2. The number of carbonyl (C=O) groups excluding carboxylic acids is 1. The van der Waals surface area contributed by atoms with Gasteiger partial charge in [-0.1, -0.05) is 0 Å². The van der Waals surface area contributed by atoms with Gasteiger partial charge in [0.1, 0.15) is 0 Å². The summed E-state index contributed by atoms with van der Waals surface area (Å²) < 4.78 is 24.0. The van der Waals surface area contributed by atoms with E-state index in [9.17, 15) is 9.18 Å². The molecule has 17 heavy (non-hydrogen) atoms. The average molecular weight is 241 g/mol. The second-order valence-corrected chi connectivity index (χ2v) is 3.58. The van der Waals surface area contributed by atoms with Crippen LogP contribution in [-0.4, -0.2) is 33.6 Å². The van der Waals surface area contributed by atoms with Gasteiger partial charge in [-0.3, -0.25) is 4.79 Å². The third-order valence-corrected chi connectivity index (χ3v) is 2.41. The summed E-state index contributed by atoms with van der Waals surface area (Å²) in [5, 5.41) is 2.69. The minimum absolute atomic E-state index is 0.00880. The fourth-order valence-electron chi connectivity index (χ4n) is 1.64. The van der Waals surface area contributed by atoms with E-state index in [1.807, 2.05) is 0 Å². The van der Waals surface area contributed by atoms with Crippen molar-refractivity contribution in [2.45, 2.75) is 6.92 Å². The van der Waals surface area contributed by atoms with Crippen LogP contribution in [0.3, 0.4) is 0 Å². The number of ether oxygens (including phenoxy) is 2. The van der Waals surface area contributed by atoms with Gasteiger partial charge in [-0.05, 0) is 25.6 Å². The van der Waals surface area contributed by atoms with Gasteiger partial charge in [-0.2, -0.15) is 0 Å². The van der Waals surface area contributed by atoms with E-state index in [2.05, 4.69) is 5.32 Å². The molecular formula is C12H16FNO3. The molecule has 0 radical (unpaired) electrons. The standard InChI is InChI=1S/C12H16FNO3/c1-7-5-8(9(15)6-14-2)10(13)12(17-4)11(7)16-3/h5,14H,6H2,1-4H3. The van der Waals surface area contributed by atoms with Crippen LogP contribution in [0.5, 0.6) is 11.5 Å². The molecule has 0 aliphatic carbocycles. The molecule has 5 heteroatoms. The first kappa shape index (κ1) is 13.4. The lowest BCUT2D eigenvalue weighted by Gasteiger charge is -2.14. The van der Waals surface area contributed by atoms with Crippen LogP contribution in [0.4, 0.5) is 4.39 Å². The van der Waals surface area contributed by atoms with E-state index in [-0.39, 0.29) is 23.6 Å². The molecule has 0 amide bonds. The van der Waals surface area contributed by atoms with Gasteiger partial charge < -0.3 is 14.8 Å². The molecule has 0 aromatic heterocycles. The Balaban J connectivity index is 3.35. The van der Waals surface area contributed by atoms with Crippen molar-refractivity contribution in [3.8, 4) is 11.5 Å². The molecule has 0 fully saturated rings. The molecule has 0 aliphatic rings. The number of carbonyl (C=O) groups is 1. The van der Waals surface area contributed by atoms with Gasteiger partial charge in [0.25, 0.3) is 0 Å². The molecule has 1 aromatic rings. The van der Waals surface area contributed by atoms with Gasteiger partial charge in [-0.15, -0.1) is 0 Å². The van der Waals surface area contributed by atoms with E-state index in [4.69, 9.17) is 9.47 Å². The number of ketones is 1. The largest absolute Gasteiger partial charge is 0.492 e. The topological polar surface area (TPSA) is 47.6 Å². The lowest BCUT2D eigenvalue weighted by molar-refractivity contribution is 0.0988. The van der Waals surface area contributed by atoms with Crippen LogP contribution in [0.25, 0.3) is 0 Å². The average Bonchev–Trinajstić information content (AvgIpc) is 2.31. The van der Waals surface area contributed by atoms with Crippen molar-refractivity contribution in [3.05, 3.63) is 23.0 Å². The van der Waals surface area contributed by atoms with E-state index in [1.165, 1.54) is 20.3 Å². The van der Waals surface area contributed by atoms with Crippen LogP contribution in [-0.2, 0) is 0 Å². The van der Waals surface area contributed by atoms with Crippen LogP contribution >= 0.6 is 0 Å². The zero-order chi connectivity index (χ0) is 13.0. The number of rotatable bonds is 5. The Morgan fingerprint density at radius 2 is 1.94 bits per heavy atom. The number of hydrogen-bond donors (Lipinski definition) is 1. The van der Waals surface area contributed by atoms with Gasteiger partial charge in [0, 0.05) is 0 Å². The van der Waals surface area contributed by atoms with Crippen molar-refractivity contribution in [2.75, 3.05) is 27.8 Å². The molecule has 0 heterocycles. The van der Waals surface area contributed by atoms with Gasteiger partial charge in [0.2, 0.25) is 0 Å². The smallest absolute Gasteiger partial charge is 0.197 e. The maximum atomic E-state index is 14.0. The molecule has 0 aliphatic heterocycles. The molecule has 0 saturated heterocycles. The predicted octanol–water partition coefficient (Wildman–Crippen LogP) is 1.55. The molecule has 1 N–H and O–H groups in total. The molecule has 0 spiro atoms. The first-order valence-corrected chi connectivity index (χ1v) is 5.15. The van der Waals surface area contributed by atoms with Crippen molar-refractivity contribution >= 4 is 5.78 Å². The number of Topliss-reactive ketones (excluding diaryl/α,β-unsaturated/α-hetero) is 1. The summed E-state index contributed by atoms with van der Waals surface area (Å²) in [6.07, 6.45) is 0. The highest BCUT2D eigenvalue weighted by Crippen LogP contribution is 2.35. The van der Waals surface area contributed by atoms with Crippen LogP contribution < -0.4 is 14.8 Å². The van der Waals surface area contributed by atoms with Gasteiger partial charge in [-0.25, -0.2) is 4.39 Å². The Morgan fingerprint density at radius 3 is 2.41 bits per heavy atom. The molecular weight excluding hydrogens is 225 g/mol. The SMILES string of the molecule is CNCC(=O)c1cc(C)c(OC)c(OC)c1F. The van der Waals surface area contributed by atoms with Gasteiger partial charge in [0.15, 0.2) is 23.1 Å². The Bertz CT molecular complexity index is 432. The molecule has 0 atom stereocenters. The van der Waals surface area contributed by atoms with Crippen molar-refractivity contribution < 1.29 is 18.7 Å². The zero-order valence-electron chi connectivity index (χ0n) is 10.4. The zero-order valence-corrected chi connectivity index (χ0v) is 10.4. The van der Waals surface area contributed by atoms with E-state index in [1.54, 1.807) is 14.0 Å². The molecule has 0 unspecified atom stereocenters. The van der Waals surface area contributed by atoms with Crippen LogP contribution in [0.1, 0.15) is 15.9 Å². The highest BCUT2D eigenvalue weighted by molar-refractivity contribution is 5.98. The maximum absolute atomic E-state index is 14.0. The van der Waals surface area contributed by atoms with E-state index < -0.39 is 5.82 Å². The van der Waals surface area contributed by atoms with E-state index in [0.29, 0.717) is 11.3 Å². The van der Waals surface area contributed by atoms with Gasteiger partial charge >= 0.3 is 0 Å². The molecule has 4 nitrogen and oxygen atoms in total. The lowest BCUT2D eigenvalue weighted by atomic mass is 10.0. The summed E-state index contributed by atoms with van der Waals surface area (Å²) in [5.74, 6) is -0.734.